The molecule has 0 saturated carbocycles. The van der Waals surface area contributed by atoms with Crippen molar-refractivity contribution in [2.24, 2.45) is 0 Å². The lowest BCUT2D eigenvalue weighted by atomic mass is 10.2. The fourth-order valence-electron chi connectivity index (χ4n) is 1.61. The van der Waals surface area contributed by atoms with Crippen LogP contribution in [0.25, 0.3) is 0 Å². The first-order valence-electron chi connectivity index (χ1n) is 5.60. The molecule has 1 amide bonds. The Morgan fingerprint density at radius 2 is 2.05 bits per heavy atom. The molecule has 0 bridgehead atoms. The SMILES string of the molecule is CSc1cccc(NC(=O)c2ccc(N)cc2Cl)c1. The van der Waals surface area contributed by atoms with Crippen molar-refractivity contribution in [3.63, 3.8) is 0 Å². The van der Waals surface area contributed by atoms with Crippen LogP contribution in [0.5, 0.6) is 0 Å². The molecule has 0 saturated heterocycles. The largest absolute Gasteiger partial charge is 0.399 e. The highest BCUT2D eigenvalue weighted by Crippen LogP contribution is 2.22. The Hall–Kier alpha value is -1.65. The summed E-state index contributed by atoms with van der Waals surface area (Å²) in [4.78, 5) is 13.2. The Bertz CT molecular complexity index is 616. The second-order valence-electron chi connectivity index (χ2n) is 3.93. The minimum atomic E-state index is -0.247. The molecular formula is C14H13ClN2OS. The van der Waals surface area contributed by atoms with Crippen LogP contribution in [-0.2, 0) is 0 Å². The predicted molar refractivity (Wildman–Crippen MR) is 82.0 cm³/mol. The smallest absolute Gasteiger partial charge is 0.257 e. The molecule has 19 heavy (non-hydrogen) atoms. The molecule has 0 aliphatic carbocycles. The number of hydrogen-bond acceptors (Lipinski definition) is 3. The maximum Gasteiger partial charge on any atom is 0.257 e. The molecule has 2 rings (SSSR count). The van der Waals surface area contributed by atoms with Gasteiger partial charge in [0.15, 0.2) is 0 Å². The molecule has 3 nitrogen and oxygen atoms in total. The molecule has 0 fully saturated rings. The van der Waals surface area contributed by atoms with Crippen LogP contribution in [0.15, 0.2) is 47.4 Å². The maximum atomic E-state index is 12.1. The van der Waals surface area contributed by atoms with Gasteiger partial charge in [0.1, 0.15) is 0 Å². The minimum Gasteiger partial charge on any atom is -0.399 e. The molecule has 3 N–H and O–H groups in total. The number of amides is 1. The number of anilines is 2. The monoisotopic (exact) mass is 292 g/mol. The first-order chi connectivity index (χ1) is 9.10. The highest BCUT2D eigenvalue weighted by Gasteiger charge is 2.10. The molecule has 2 aromatic carbocycles. The molecular weight excluding hydrogens is 280 g/mol. The molecule has 0 radical (unpaired) electrons. The zero-order chi connectivity index (χ0) is 13.8. The van der Waals surface area contributed by atoms with Crippen LogP contribution in [0.2, 0.25) is 5.02 Å². The molecule has 98 valence electrons. The summed E-state index contributed by atoms with van der Waals surface area (Å²) >= 11 is 7.62. The lowest BCUT2D eigenvalue weighted by molar-refractivity contribution is 0.102. The second kappa shape index (κ2) is 5.99. The number of nitrogens with one attached hydrogen (secondary N) is 1. The highest BCUT2D eigenvalue weighted by atomic mass is 35.5. The molecule has 0 aliphatic heterocycles. The zero-order valence-corrected chi connectivity index (χ0v) is 11.9. The van der Waals surface area contributed by atoms with Crippen molar-refractivity contribution < 1.29 is 4.79 Å². The van der Waals surface area contributed by atoms with E-state index in [-0.39, 0.29) is 5.91 Å². The van der Waals surface area contributed by atoms with E-state index >= 15 is 0 Å². The number of thioether (sulfide) groups is 1. The van der Waals surface area contributed by atoms with Crippen LogP contribution in [0.3, 0.4) is 0 Å². The summed E-state index contributed by atoms with van der Waals surface area (Å²) in [6.07, 6.45) is 1.98. The molecule has 0 unspecified atom stereocenters. The average Bonchev–Trinajstić information content (AvgIpc) is 2.38. The van der Waals surface area contributed by atoms with Gasteiger partial charge in [0.2, 0.25) is 0 Å². The number of rotatable bonds is 3. The predicted octanol–water partition coefficient (Wildman–Crippen LogP) is 3.90. The number of carbonyl (C=O) groups is 1. The van der Waals surface area contributed by atoms with Gasteiger partial charge in [-0.25, -0.2) is 0 Å². The Morgan fingerprint density at radius 1 is 1.26 bits per heavy atom. The van der Waals surface area contributed by atoms with Gasteiger partial charge in [-0.15, -0.1) is 11.8 Å². The van der Waals surface area contributed by atoms with Crippen LogP contribution in [-0.4, -0.2) is 12.2 Å². The fraction of sp³-hybridized carbons (Fsp3) is 0.0714. The van der Waals surface area contributed by atoms with Gasteiger partial charge in [0, 0.05) is 16.3 Å². The third-order valence-electron chi connectivity index (χ3n) is 2.57. The van der Waals surface area contributed by atoms with Gasteiger partial charge in [-0.2, -0.15) is 0 Å². The molecule has 0 atom stereocenters. The van der Waals surface area contributed by atoms with Crippen LogP contribution >= 0.6 is 23.4 Å². The summed E-state index contributed by atoms with van der Waals surface area (Å²) < 4.78 is 0. The van der Waals surface area contributed by atoms with E-state index in [0.717, 1.165) is 10.6 Å². The molecule has 0 spiro atoms. The van der Waals surface area contributed by atoms with E-state index < -0.39 is 0 Å². The van der Waals surface area contributed by atoms with Crippen molar-refractivity contribution in [1.29, 1.82) is 0 Å². The first kappa shape index (κ1) is 13.8. The normalized spacial score (nSPS) is 10.2. The number of hydrogen-bond donors (Lipinski definition) is 2. The molecule has 0 aromatic heterocycles. The van der Waals surface area contributed by atoms with Crippen LogP contribution in [0.1, 0.15) is 10.4 Å². The third kappa shape index (κ3) is 3.43. The number of carbonyl (C=O) groups excluding carboxylic acids is 1. The highest BCUT2D eigenvalue weighted by molar-refractivity contribution is 7.98. The van der Waals surface area contributed by atoms with Gasteiger partial charge in [-0.05, 0) is 42.7 Å². The minimum absolute atomic E-state index is 0.247. The average molecular weight is 293 g/mol. The molecule has 0 heterocycles. The molecule has 0 aliphatic rings. The van der Waals surface area contributed by atoms with Gasteiger partial charge < -0.3 is 11.1 Å². The lowest BCUT2D eigenvalue weighted by Gasteiger charge is -2.08. The number of nitrogens with two attached hydrogens (primary N) is 1. The van der Waals surface area contributed by atoms with E-state index in [1.807, 2.05) is 30.5 Å². The Morgan fingerprint density at radius 3 is 2.74 bits per heavy atom. The van der Waals surface area contributed by atoms with Gasteiger partial charge in [0.05, 0.1) is 10.6 Å². The van der Waals surface area contributed by atoms with Gasteiger partial charge in [-0.1, -0.05) is 17.7 Å². The Balaban J connectivity index is 2.20. The standard InChI is InChI=1S/C14H13ClN2OS/c1-19-11-4-2-3-10(8-11)17-14(18)12-6-5-9(16)7-13(12)15/h2-8H,16H2,1H3,(H,17,18). The summed E-state index contributed by atoms with van der Waals surface area (Å²) in [5.74, 6) is -0.247. The fourth-order valence-corrected chi connectivity index (χ4v) is 2.35. The van der Waals surface area contributed by atoms with Crippen LogP contribution in [0, 0.1) is 0 Å². The Kier molecular flexibility index (Phi) is 4.35. The van der Waals surface area contributed by atoms with Crippen molar-refractivity contribution in [3.8, 4) is 0 Å². The lowest BCUT2D eigenvalue weighted by Crippen LogP contribution is -2.12. The van der Waals surface area contributed by atoms with E-state index in [4.69, 9.17) is 17.3 Å². The number of nitrogen functional groups attached to an aromatic ring is 1. The van der Waals surface area contributed by atoms with Gasteiger partial charge >= 0.3 is 0 Å². The molecule has 5 heteroatoms. The summed E-state index contributed by atoms with van der Waals surface area (Å²) in [6.45, 7) is 0. The summed E-state index contributed by atoms with van der Waals surface area (Å²) in [7, 11) is 0. The maximum absolute atomic E-state index is 12.1. The van der Waals surface area contributed by atoms with Crippen molar-refractivity contribution in [2.45, 2.75) is 4.90 Å². The summed E-state index contributed by atoms with van der Waals surface area (Å²) in [5.41, 5.74) is 7.28. The number of halogens is 1. The van der Waals surface area contributed by atoms with Crippen molar-refractivity contribution in [3.05, 3.63) is 53.1 Å². The topological polar surface area (TPSA) is 55.1 Å². The Labute approximate surface area is 121 Å². The zero-order valence-electron chi connectivity index (χ0n) is 10.3. The van der Waals surface area contributed by atoms with Crippen molar-refractivity contribution in [1.82, 2.24) is 0 Å². The summed E-state index contributed by atoms with van der Waals surface area (Å²) in [5, 5.41) is 3.16. The second-order valence-corrected chi connectivity index (χ2v) is 5.21. The summed E-state index contributed by atoms with van der Waals surface area (Å²) in [6, 6.07) is 12.5. The van der Waals surface area contributed by atoms with E-state index in [2.05, 4.69) is 5.32 Å². The van der Waals surface area contributed by atoms with Gasteiger partial charge in [-0.3, -0.25) is 4.79 Å². The van der Waals surface area contributed by atoms with E-state index in [9.17, 15) is 4.79 Å². The van der Waals surface area contributed by atoms with Crippen LogP contribution in [0.4, 0.5) is 11.4 Å². The molecule has 2 aromatic rings. The van der Waals surface area contributed by atoms with Crippen LogP contribution < -0.4 is 11.1 Å². The number of benzene rings is 2. The van der Waals surface area contributed by atoms with E-state index in [1.54, 1.807) is 30.0 Å². The van der Waals surface area contributed by atoms with Gasteiger partial charge in [0.25, 0.3) is 5.91 Å². The third-order valence-corrected chi connectivity index (χ3v) is 3.60. The van der Waals surface area contributed by atoms with E-state index in [1.165, 1.54) is 0 Å². The quantitative estimate of drug-likeness (QED) is 0.666. The van der Waals surface area contributed by atoms with Crippen molar-refractivity contribution >= 4 is 40.6 Å². The van der Waals surface area contributed by atoms with E-state index in [0.29, 0.717) is 16.3 Å². The van der Waals surface area contributed by atoms with Crippen molar-refractivity contribution in [2.75, 3.05) is 17.3 Å². The first-order valence-corrected chi connectivity index (χ1v) is 7.21.